The molecule has 2 aromatic rings. The van der Waals surface area contributed by atoms with E-state index in [2.05, 4.69) is 60.9 Å². The van der Waals surface area contributed by atoms with Gasteiger partial charge in [-0.2, -0.15) is 0 Å². The molecule has 0 aliphatic rings. The molecule has 0 nitrogen and oxygen atoms in total. The topological polar surface area (TPSA) is 0 Å². The summed E-state index contributed by atoms with van der Waals surface area (Å²) < 4.78 is 0. The molecule has 0 aromatic heterocycles. The third-order valence-corrected chi connectivity index (χ3v) is 2.75. The quantitative estimate of drug-likeness (QED) is 0.517. The van der Waals surface area contributed by atoms with Gasteiger partial charge in [-0.3, -0.25) is 0 Å². The minimum atomic E-state index is 0.937. The van der Waals surface area contributed by atoms with Crippen LogP contribution in [0.1, 0.15) is 18.4 Å². The second-order valence-electron chi connectivity index (χ2n) is 3.85. The molecule has 0 N–H and O–H groups in total. The van der Waals surface area contributed by atoms with Crippen LogP contribution < -0.4 is 0 Å². The summed E-state index contributed by atoms with van der Waals surface area (Å²) in [6.07, 6.45) is 6.14. The highest BCUT2D eigenvalue weighted by molar-refractivity contribution is 5.85. The average molecular weight is 207 g/mol. The van der Waals surface area contributed by atoms with Crippen molar-refractivity contribution in [1.29, 1.82) is 0 Å². The number of aryl methyl sites for hydroxylation is 1. The van der Waals surface area contributed by atoms with Crippen LogP contribution in [-0.2, 0) is 6.42 Å². The van der Waals surface area contributed by atoms with E-state index in [-0.39, 0.29) is 0 Å². The van der Waals surface area contributed by atoms with Crippen molar-refractivity contribution in [3.05, 3.63) is 66.4 Å². The lowest BCUT2D eigenvalue weighted by Gasteiger charge is -2.05. The molecule has 0 heterocycles. The zero-order chi connectivity index (χ0) is 11.2. The Hall–Kier alpha value is -1.78. The van der Waals surface area contributed by atoms with Gasteiger partial charge >= 0.3 is 0 Å². The van der Waals surface area contributed by atoms with E-state index in [9.17, 15) is 0 Å². The molecule has 2 aromatic carbocycles. The van der Waals surface area contributed by atoms with E-state index >= 15 is 0 Å². The predicted molar refractivity (Wildman–Crippen MR) is 69.3 cm³/mol. The van der Waals surface area contributed by atoms with E-state index in [1.54, 1.807) is 0 Å². The zero-order valence-electron chi connectivity index (χ0n) is 9.37. The smallest absolute Gasteiger partial charge is 0.00424 e. The second kappa shape index (κ2) is 5.34. The Labute approximate surface area is 96.9 Å². The number of hydrogen-bond donors (Lipinski definition) is 0. The number of benzene rings is 2. The molecule has 0 amide bonds. The van der Waals surface area contributed by atoms with Crippen molar-refractivity contribution >= 4 is 10.8 Å². The molecule has 0 heteroatoms. The van der Waals surface area contributed by atoms with Gasteiger partial charge in [0.1, 0.15) is 0 Å². The first-order valence-corrected chi connectivity index (χ1v) is 5.63. The summed E-state index contributed by atoms with van der Waals surface area (Å²) >= 11 is 0. The van der Waals surface area contributed by atoms with E-state index < -0.39 is 0 Å². The van der Waals surface area contributed by atoms with Gasteiger partial charge in [-0.15, -0.1) is 5.73 Å². The molecule has 0 saturated carbocycles. The highest BCUT2D eigenvalue weighted by Gasteiger charge is 1.98. The van der Waals surface area contributed by atoms with Crippen LogP contribution in [0.2, 0.25) is 0 Å². The van der Waals surface area contributed by atoms with Crippen LogP contribution in [0.4, 0.5) is 0 Å². The molecule has 0 bridgehead atoms. The van der Waals surface area contributed by atoms with Crippen LogP contribution in [0, 0.1) is 6.08 Å². The fraction of sp³-hybridized carbons (Fsp3) is 0.188. The van der Waals surface area contributed by atoms with Crippen LogP contribution >= 0.6 is 0 Å². The standard InChI is InChI=1S/C16H15/c1-2-3-4-5-9-14-11-8-12-15-10-6-7-13-16(14)15/h6-8,10-13H,1,4-5,9H2. The highest BCUT2D eigenvalue weighted by Crippen LogP contribution is 2.19. The van der Waals surface area contributed by atoms with Crippen molar-refractivity contribution in [3.8, 4) is 0 Å². The van der Waals surface area contributed by atoms with Gasteiger partial charge in [0.15, 0.2) is 0 Å². The lowest BCUT2D eigenvalue weighted by Crippen LogP contribution is -1.86. The van der Waals surface area contributed by atoms with Crippen LogP contribution in [-0.4, -0.2) is 0 Å². The third-order valence-electron chi connectivity index (χ3n) is 2.75. The van der Waals surface area contributed by atoms with Crippen molar-refractivity contribution in [2.75, 3.05) is 0 Å². The molecule has 0 saturated heterocycles. The monoisotopic (exact) mass is 207 g/mol. The van der Waals surface area contributed by atoms with Gasteiger partial charge in [0, 0.05) is 6.08 Å². The summed E-state index contributed by atoms with van der Waals surface area (Å²) in [6, 6.07) is 15.0. The Morgan fingerprint density at radius 3 is 2.69 bits per heavy atom. The van der Waals surface area contributed by atoms with Crippen LogP contribution in [0.25, 0.3) is 10.8 Å². The minimum Gasteiger partial charge on any atom is -0.124 e. The van der Waals surface area contributed by atoms with Gasteiger partial charge in [-0.25, -0.2) is 0 Å². The first-order valence-electron chi connectivity index (χ1n) is 5.63. The largest absolute Gasteiger partial charge is 0.124 e. The van der Waals surface area contributed by atoms with Gasteiger partial charge in [0.05, 0.1) is 0 Å². The van der Waals surface area contributed by atoms with E-state index in [0.717, 1.165) is 19.3 Å². The first-order chi connectivity index (χ1) is 7.92. The van der Waals surface area contributed by atoms with Crippen molar-refractivity contribution < 1.29 is 0 Å². The molecule has 16 heavy (non-hydrogen) atoms. The maximum atomic E-state index is 3.52. The summed E-state index contributed by atoms with van der Waals surface area (Å²) in [7, 11) is 0. The Kier molecular flexibility index (Phi) is 3.58. The summed E-state index contributed by atoms with van der Waals surface area (Å²) in [4.78, 5) is 0. The Balaban J connectivity index is 2.20. The van der Waals surface area contributed by atoms with Gasteiger partial charge in [-0.1, -0.05) is 49.0 Å². The molecule has 79 valence electrons. The van der Waals surface area contributed by atoms with Crippen molar-refractivity contribution in [3.63, 3.8) is 0 Å². The van der Waals surface area contributed by atoms with Gasteiger partial charge in [0.25, 0.3) is 0 Å². The van der Waals surface area contributed by atoms with Gasteiger partial charge in [-0.05, 0) is 35.6 Å². The zero-order valence-corrected chi connectivity index (χ0v) is 9.37. The molecule has 0 unspecified atom stereocenters. The minimum absolute atomic E-state index is 0.937. The molecule has 0 aliphatic carbocycles. The number of rotatable bonds is 4. The fourth-order valence-corrected chi connectivity index (χ4v) is 1.97. The van der Waals surface area contributed by atoms with Crippen molar-refractivity contribution in [2.45, 2.75) is 19.3 Å². The van der Waals surface area contributed by atoms with Crippen LogP contribution in [0.5, 0.6) is 0 Å². The maximum absolute atomic E-state index is 3.52. The molecule has 0 atom stereocenters. The lowest BCUT2D eigenvalue weighted by atomic mass is 10.0. The normalized spacial score (nSPS) is 10.0. The highest BCUT2D eigenvalue weighted by atomic mass is 14.0. The predicted octanol–water partition coefficient (Wildman–Crippen LogP) is 4.31. The number of fused-ring (bicyclic) bond motifs is 1. The van der Waals surface area contributed by atoms with Gasteiger partial charge < -0.3 is 0 Å². The SMILES string of the molecule is C=C=[C]CCCc1cccc2ccccc12. The van der Waals surface area contributed by atoms with Gasteiger partial charge in [0.2, 0.25) is 0 Å². The number of hydrogen-bond acceptors (Lipinski definition) is 0. The molecule has 2 rings (SSSR count). The fourth-order valence-electron chi connectivity index (χ4n) is 1.97. The van der Waals surface area contributed by atoms with Crippen molar-refractivity contribution in [2.24, 2.45) is 0 Å². The average Bonchev–Trinajstić information content (AvgIpc) is 2.35. The van der Waals surface area contributed by atoms with E-state index in [1.165, 1.54) is 16.3 Å². The molecule has 0 fully saturated rings. The molecule has 0 aliphatic heterocycles. The first kappa shape index (κ1) is 10.7. The summed E-state index contributed by atoms with van der Waals surface area (Å²) in [5.74, 6) is 0. The molecular formula is C16H15. The Morgan fingerprint density at radius 2 is 1.81 bits per heavy atom. The lowest BCUT2D eigenvalue weighted by molar-refractivity contribution is 0.837. The van der Waals surface area contributed by atoms with Crippen LogP contribution in [0.3, 0.4) is 0 Å². The molecular weight excluding hydrogens is 192 g/mol. The Bertz CT molecular complexity index is 511. The van der Waals surface area contributed by atoms with E-state index in [0.29, 0.717) is 0 Å². The Morgan fingerprint density at radius 1 is 1.00 bits per heavy atom. The second-order valence-corrected chi connectivity index (χ2v) is 3.85. The third kappa shape index (κ3) is 2.42. The summed E-state index contributed by atoms with van der Waals surface area (Å²) in [5, 5.41) is 2.69. The van der Waals surface area contributed by atoms with Crippen molar-refractivity contribution in [1.82, 2.24) is 0 Å². The van der Waals surface area contributed by atoms with E-state index in [1.807, 2.05) is 0 Å². The maximum Gasteiger partial charge on any atom is 0.00424 e. The number of unbranched alkanes of at least 4 members (excludes halogenated alkanes) is 1. The van der Waals surface area contributed by atoms with E-state index in [4.69, 9.17) is 0 Å². The number of allylic oxidation sites excluding steroid dienone is 1. The summed E-state index contributed by atoms with van der Waals surface area (Å²) in [6.45, 7) is 3.52. The molecule has 0 spiro atoms. The summed E-state index contributed by atoms with van der Waals surface area (Å²) in [5.41, 5.74) is 4.11. The molecule has 1 radical (unpaired) electrons. The van der Waals surface area contributed by atoms with Crippen LogP contribution in [0.15, 0.2) is 54.8 Å².